The van der Waals surface area contributed by atoms with Crippen LogP contribution in [0.15, 0.2) is 73.3 Å². The highest BCUT2D eigenvalue weighted by atomic mass is 28.4. The van der Waals surface area contributed by atoms with Crippen molar-refractivity contribution in [2.75, 3.05) is 6.61 Å². The highest BCUT2D eigenvalue weighted by Crippen LogP contribution is 2.37. The maximum absolute atomic E-state index is 10.9. The molecule has 0 radical (unpaired) electrons. The van der Waals surface area contributed by atoms with E-state index in [4.69, 9.17) is 4.43 Å². The topological polar surface area (TPSA) is 26.3 Å². The fourth-order valence-corrected chi connectivity index (χ4v) is 7.97. The quantitative estimate of drug-likeness (QED) is 0.408. The maximum Gasteiger partial charge on any atom is 0.261 e. The Morgan fingerprint density at radius 3 is 1.84 bits per heavy atom. The lowest BCUT2D eigenvalue weighted by Crippen LogP contribution is -2.66. The van der Waals surface area contributed by atoms with Gasteiger partial charge < -0.3 is 9.22 Å². The zero-order chi connectivity index (χ0) is 18.3. The van der Waals surface area contributed by atoms with Crippen molar-refractivity contribution < 1.29 is 9.22 Å². The molecule has 0 aliphatic rings. The van der Waals surface area contributed by atoms with Crippen LogP contribution in [0.4, 0.5) is 0 Å². The highest BCUT2D eigenvalue weighted by molar-refractivity contribution is 6.99. The second-order valence-corrected chi connectivity index (χ2v) is 11.7. The summed E-state index contributed by atoms with van der Waals surface area (Å²) in [7, 11) is -2.52. The van der Waals surface area contributed by atoms with Crippen LogP contribution in [0, 0.1) is 5.92 Å². The third kappa shape index (κ3) is 4.17. The van der Waals surface area contributed by atoms with Crippen LogP contribution in [0.3, 0.4) is 0 Å². The molecule has 2 aromatic carbocycles. The molecule has 0 N–H and O–H groups in total. The molecule has 0 bridgehead atoms. The molecule has 0 aliphatic carbocycles. The lowest BCUT2D eigenvalue weighted by molar-refractivity contribution is -0.108. The molecule has 0 spiro atoms. The van der Waals surface area contributed by atoms with Crippen LogP contribution < -0.4 is 10.4 Å². The average Bonchev–Trinajstić information content (AvgIpc) is 2.62. The number of aldehydes is 1. The molecule has 132 valence electrons. The first-order valence-corrected chi connectivity index (χ1v) is 10.7. The van der Waals surface area contributed by atoms with Crippen LogP contribution in [0.25, 0.3) is 0 Å². The van der Waals surface area contributed by atoms with E-state index in [1.807, 2.05) is 18.2 Å². The number of benzene rings is 2. The monoisotopic (exact) mass is 352 g/mol. The Morgan fingerprint density at radius 2 is 1.48 bits per heavy atom. The molecular formula is C22H28O2Si. The van der Waals surface area contributed by atoms with Crippen LogP contribution in [-0.2, 0) is 9.22 Å². The number of rotatable bonds is 8. The Kier molecular flexibility index (Phi) is 6.51. The molecule has 1 unspecified atom stereocenters. The van der Waals surface area contributed by atoms with Crippen LogP contribution in [0.1, 0.15) is 27.2 Å². The summed E-state index contributed by atoms with van der Waals surface area (Å²) in [5, 5.41) is 2.45. The lowest BCUT2D eigenvalue weighted by atomic mass is 10.1. The first-order valence-electron chi connectivity index (χ1n) is 8.77. The molecule has 0 aliphatic heterocycles. The molecule has 0 saturated heterocycles. The molecular weight excluding hydrogens is 324 g/mol. The second kappa shape index (κ2) is 8.41. The van der Waals surface area contributed by atoms with E-state index in [1.54, 1.807) is 0 Å². The molecule has 0 amide bonds. The summed E-state index contributed by atoms with van der Waals surface area (Å²) in [5.41, 5.74) is 0. The van der Waals surface area contributed by atoms with Gasteiger partial charge in [-0.2, -0.15) is 0 Å². The van der Waals surface area contributed by atoms with Crippen LogP contribution in [0.5, 0.6) is 0 Å². The van der Waals surface area contributed by atoms with Crippen LogP contribution in [0.2, 0.25) is 5.04 Å². The van der Waals surface area contributed by atoms with Crippen molar-refractivity contribution in [2.24, 2.45) is 5.92 Å². The zero-order valence-electron chi connectivity index (χ0n) is 15.4. The van der Waals surface area contributed by atoms with E-state index in [9.17, 15) is 4.79 Å². The predicted octanol–water partition coefficient (Wildman–Crippen LogP) is 3.95. The summed E-state index contributed by atoms with van der Waals surface area (Å²) in [5.74, 6) is 0.0409. The minimum Gasteiger partial charge on any atom is -0.407 e. The van der Waals surface area contributed by atoms with Crippen molar-refractivity contribution in [3.8, 4) is 0 Å². The SMILES string of the molecule is C=CC(CC=O)CO[Si](c1ccccc1)(c1ccccc1)C(C)(C)C. The number of hydrogen-bond donors (Lipinski definition) is 0. The third-order valence-corrected chi connectivity index (χ3v) is 9.67. The molecule has 2 rings (SSSR count). The molecule has 0 aromatic heterocycles. The van der Waals surface area contributed by atoms with Crippen molar-refractivity contribution in [1.29, 1.82) is 0 Å². The first kappa shape index (κ1) is 19.4. The Labute approximate surface area is 152 Å². The Bertz CT molecular complexity index is 635. The summed E-state index contributed by atoms with van der Waals surface area (Å²) in [6.07, 6.45) is 3.22. The van der Waals surface area contributed by atoms with Gasteiger partial charge in [0.25, 0.3) is 8.32 Å². The average molecular weight is 353 g/mol. The van der Waals surface area contributed by atoms with Crippen LogP contribution in [-0.4, -0.2) is 21.2 Å². The second-order valence-electron chi connectivity index (χ2n) is 7.37. The summed E-state index contributed by atoms with van der Waals surface area (Å²) in [6, 6.07) is 21.1. The van der Waals surface area contributed by atoms with Gasteiger partial charge in [0, 0.05) is 18.9 Å². The van der Waals surface area contributed by atoms with Gasteiger partial charge in [0.2, 0.25) is 0 Å². The van der Waals surface area contributed by atoms with E-state index in [0.717, 1.165) is 6.29 Å². The molecule has 2 nitrogen and oxygen atoms in total. The van der Waals surface area contributed by atoms with Gasteiger partial charge in [-0.25, -0.2) is 0 Å². The maximum atomic E-state index is 10.9. The fraction of sp³-hybridized carbons (Fsp3) is 0.318. The summed E-state index contributed by atoms with van der Waals surface area (Å²) in [4.78, 5) is 10.9. The molecule has 1 atom stereocenters. The summed E-state index contributed by atoms with van der Waals surface area (Å²) >= 11 is 0. The number of carbonyl (C=O) groups excluding carboxylic acids is 1. The first-order chi connectivity index (χ1) is 12.0. The Morgan fingerprint density at radius 1 is 1.00 bits per heavy atom. The minimum atomic E-state index is -2.52. The summed E-state index contributed by atoms with van der Waals surface area (Å²) < 4.78 is 6.78. The van der Waals surface area contributed by atoms with E-state index in [1.165, 1.54) is 10.4 Å². The lowest BCUT2D eigenvalue weighted by Gasteiger charge is -2.43. The third-order valence-electron chi connectivity index (χ3n) is 4.66. The number of hydrogen-bond acceptors (Lipinski definition) is 2. The number of carbonyl (C=O) groups is 1. The van der Waals surface area contributed by atoms with E-state index in [2.05, 4.69) is 75.9 Å². The smallest absolute Gasteiger partial charge is 0.261 e. The molecule has 0 heterocycles. The van der Waals surface area contributed by atoms with E-state index in [-0.39, 0.29) is 11.0 Å². The van der Waals surface area contributed by atoms with Gasteiger partial charge in [0.1, 0.15) is 6.29 Å². The van der Waals surface area contributed by atoms with Gasteiger partial charge in [-0.3, -0.25) is 0 Å². The van der Waals surface area contributed by atoms with E-state index < -0.39 is 8.32 Å². The van der Waals surface area contributed by atoms with Gasteiger partial charge in [-0.15, -0.1) is 6.58 Å². The molecule has 2 aromatic rings. The molecule has 0 fully saturated rings. The van der Waals surface area contributed by atoms with Gasteiger partial charge in [-0.1, -0.05) is 87.5 Å². The van der Waals surface area contributed by atoms with Gasteiger partial charge >= 0.3 is 0 Å². The highest BCUT2D eigenvalue weighted by Gasteiger charge is 2.50. The van der Waals surface area contributed by atoms with Crippen LogP contribution >= 0.6 is 0 Å². The van der Waals surface area contributed by atoms with Crippen molar-refractivity contribution in [2.45, 2.75) is 32.2 Å². The molecule has 3 heteroatoms. The minimum absolute atomic E-state index is 0.0409. The Balaban J connectivity index is 2.56. The predicted molar refractivity (Wildman–Crippen MR) is 108 cm³/mol. The van der Waals surface area contributed by atoms with Crippen molar-refractivity contribution in [3.05, 3.63) is 73.3 Å². The van der Waals surface area contributed by atoms with E-state index >= 15 is 0 Å². The summed E-state index contributed by atoms with van der Waals surface area (Å²) in [6.45, 7) is 11.1. The van der Waals surface area contributed by atoms with E-state index in [0.29, 0.717) is 13.0 Å². The zero-order valence-corrected chi connectivity index (χ0v) is 16.4. The molecule has 25 heavy (non-hydrogen) atoms. The fourth-order valence-electron chi connectivity index (χ4n) is 3.35. The van der Waals surface area contributed by atoms with Crippen molar-refractivity contribution >= 4 is 25.0 Å². The largest absolute Gasteiger partial charge is 0.407 e. The Hall–Kier alpha value is -1.97. The van der Waals surface area contributed by atoms with Gasteiger partial charge in [0.15, 0.2) is 0 Å². The molecule has 0 saturated carbocycles. The van der Waals surface area contributed by atoms with Gasteiger partial charge in [0.05, 0.1) is 0 Å². The van der Waals surface area contributed by atoms with Crippen molar-refractivity contribution in [3.63, 3.8) is 0 Å². The van der Waals surface area contributed by atoms with Gasteiger partial charge in [-0.05, 0) is 15.4 Å². The normalized spacial score (nSPS) is 13.2. The standard InChI is InChI=1S/C22H28O2Si/c1-5-19(16-17-23)18-24-25(22(2,3)4,20-12-8-6-9-13-20)21-14-10-7-11-15-21/h5-15,17,19H,1,16,18H2,2-4H3. The van der Waals surface area contributed by atoms with Crippen molar-refractivity contribution in [1.82, 2.24) is 0 Å².